The van der Waals surface area contributed by atoms with Gasteiger partial charge in [0, 0.05) is 23.2 Å². The summed E-state index contributed by atoms with van der Waals surface area (Å²) >= 11 is 3.17. The molecule has 5 heteroatoms. The third-order valence-electron chi connectivity index (χ3n) is 3.49. The van der Waals surface area contributed by atoms with Gasteiger partial charge in [-0.3, -0.25) is 9.36 Å². The Morgan fingerprint density at radius 3 is 2.83 bits per heavy atom. The van der Waals surface area contributed by atoms with Crippen molar-refractivity contribution in [1.82, 2.24) is 9.55 Å². The summed E-state index contributed by atoms with van der Waals surface area (Å²) in [5, 5.41) is 3.52. The average Bonchev–Trinajstić information content (AvgIpc) is 3.01. The number of thiophene rings is 1. The number of thioether (sulfide) groups is 1. The van der Waals surface area contributed by atoms with Gasteiger partial charge in [-0.15, -0.1) is 17.9 Å². The molecule has 0 bridgehead atoms. The molecule has 0 fully saturated rings. The van der Waals surface area contributed by atoms with Crippen LogP contribution in [-0.4, -0.2) is 15.3 Å². The maximum Gasteiger partial charge on any atom is 0.263 e. The Morgan fingerprint density at radius 2 is 2.13 bits per heavy atom. The van der Waals surface area contributed by atoms with Crippen molar-refractivity contribution in [3.05, 3.63) is 58.7 Å². The predicted molar refractivity (Wildman–Crippen MR) is 101 cm³/mol. The summed E-state index contributed by atoms with van der Waals surface area (Å²) in [6, 6.07) is 10.0. The molecule has 0 N–H and O–H groups in total. The highest BCUT2D eigenvalue weighted by Gasteiger charge is 2.16. The Hall–Kier alpha value is -1.85. The fourth-order valence-electron chi connectivity index (χ4n) is 2.43. The van der Waals surface area contributed by atoms with Gasteiger partial charge in [-0.2, -0.15) is 0 Å². The first-order valence-electron chi connectivity index (χ1n) is 7.57. The SMILES string of the molecule is C=CCn1c(SCCC)nc2scc(-c3ccccc3)c2c1=O. The largest absolute Gasteiger partial charge is 0.283 e. The number of allylic oxidation sites excluding steroid dienone is 1. The fourth-order valence-corrected chi connectivity index (χ4v) is 4.28. The number of aromatic nitrogens is 2. The van der Waals surface area contributed by atoms with Crippen molar-refractivity contribution in [3.8, 4) is 11.1 Å². The monoisotopic (exact) mass is 342 g/mol. The number of nitrogens with zero attached hydrogens (tertiary/aromatic N) is 2. The molecule has 118 valence electrons. The van der Waals surface area contributed by atoms with E-state index in [9.17, 15) is 4.79 Å². The highest BCUT2D eigenvalue weighted by atomic mass is 32.2. The molecule has 0 saturated carbocycles. The van der Waals surface area contributed by atoms with Crippen LogP contribution in [0.15, 0.2) is 58.3 Å². The van der Waals surface area contributed by atoms with E-state index in [0.717, 1.165) is 33.3 Å². The number of hydrogen-bond donors (Lipinski definition) is 0. The van der Waals surface area contributed by atoms with Crippen molar-refractivity contribution in [2.75, 3.05) is 5.75 Å². The Kier molecular flexibility index (Phi) is 4.98. The number of rotatable bonds is 6. The normalized spacial score (nSPS) is 11.0. The van der Waals surface area contributed by atoms with Gasteiger partial charge in [0.05, 0.1) is 5.39 Å². The summed E-state index contributed by atoms with van der Waals surface area (Å²) in [5.74, 6) is 0.950. The second-order valence-electron chi connectivity index (χ2n) is 5.14. The third kappa shape index (κ3) is 3.12. The lowest BCUT2D eigenvalue weighted by molar-refractivity contribution is 0.673. The van der Waals surface area contributed by atoms with Gasteiger partial charge in [-0.1, -0.05) is 55.1 Å². The topological polar surface area (TPSA) is 34.9 Å². The molecule has 0 aliphatic carbocycles. The van der Waals surface area contributed by atoms with E-state index in [1.165, 1.54) is 11.3 Å². The number of fused-ring (bicyclic) bond motifs is 1. The van der Waals surface area contributed by atoms with Crippen molar-refractivity contribution >= 4 is 33.3 Å². The summed E-state index contributed by atoms with van der Waals surface area (Å²) in [6.07, 6.45) is 2.80. The van der Waals surface area contributed by atoms with Crippen LogP contribution in [0, 0.1) is 0 Å². The third-order valence-corrected chi connectivity index (χ3v) is 5.54. The molecule has 23 heavy (non-hydrogen) atoms. The molecule has 3 nitrogen and oxygen atoms in total. The first kappa shape index (κ1) is 16.0. The van der Waals surface area contributed by atoms with Crippen LogP contribution in [0.25, 0.3) is 21.3 Å². The van der Waals surface area contributed by atoms with E-state index < -0.39 is 0 Å². The molecule has 0 saturated heterocycles. The molecule has 1 aromatic carbocycles. The molecule has 0 amide bonds. The zero-order chi connectivity index (χ0) is 16.2. The van der Waals surface area contributed by atoms with Crippen LogP contribution in [-0.2, 0) is 6.54 Å². The molecule has 3 aromatic rings. The maximum atomic E-state index is 13.0. The predicted octanol–water partition coefficient (Wildman–Crippen LogP) is 4.81. The van der Waals surface area contributed by atoms with Crippen molar-refractivity contribution < 1.29 is 0 Å². The standard InChI is InChI=1S/C18H18N2OS2/c1-3-10-20-17(21)15-14(13-8-6-5-7-9-13)12-23-16(15)19-18(20)22-11-4-2/h3,5-9,12H,1,4,10-11H2,2H3. The van der Waals surface area contributed by atoms with Gasteiger partial charge in [0.2, 0.25) is 0 Å². The van der Waals surface area contributed by atoms with Gasteiger partial charge >= 0.3 is 0 Å². The smallest absolute Gasteiger partial charge is 0.263 e. The van der Waals surface area contributed by atoms with E-state index in [2.05, 4.69) is 13.5 Å². The van der Waals surface area contributed by atoms with E-state index in [0.29, 0.717) is 11.9 Å². The quantitative estimate of drug-likeness (QED) is 0.366. The molecular weight excluding hydrogens is 324 g/mol. The van der Waals surface area contributed by atoms with Crippen LogP contribution >= 0.6 is 23.1 Å². The van der Waals surface area contributed by atoms with Crippen molar-refractivity contribution in [2.45, 2.75) is 25.0 Å². The van der Waals surface area contributed by atoms with Crippen LogP contribution in [0.4, 0.5) is 0 Å². The van der Waals surface area contributed by atoms with Gasteiger partial charge in [0.25, 0.3) is 5.56 Å². The number of hydrogen-bond acceptors (Lipinski definition) is 4. The Balaban J connectivity index is 2.23. The molecule has 2 aromatic heterocycles. The van der Waals surface area contributed by atoms with E-state index in [-0.39, 0.29) is 5.56 Å². The van der Waals surface area contributed by atoms with E-state index in [1.807, 2.05) is 35.7 Å². The van der Waals surface area contributed by atoms with Crippen LogP contribution in [0.5, 0.6) is 0 Å². The fraction of sp³-hybridized carbons (Fsp3) is 0.222. The maximum absolute atomic E-state index is 13.0. The first-order chi connectivity index (χ1) is 11.3. The van der Waals surface area contributed by atoms with Crippen LogP contribution < -0.4 is 5.56 Å². The summed E-state index contributed by atoms with van der Waals surface area (Å²) in [7, 11) is 0. The zero-order valence-corrected chi connectivity index (χ0v) is 14.6. The minimum atomic E-state index is 0.0219. The van der Waals surface area contributed by atoms with Crippen LogP contribution in [0.1, 0.15) is 13.3 Å². The molecule has 2 heterocycles. The Morgan fingerprint density at radius 1 is 1.35 bits per heavy atom. The second-order valence-corrected chi connectivity index (χ2v) is 7.06. The Labute approximate surface area is 143 Å². The molecule has 0 aliphatic rings. The van der Waals surface area contributed by atoms with Crippen LogP contribution in [0.3, 0.4) is 0 Å². The zero-order valence-electron chi connectivity index (χ0n) is 13.0. The van der Waals surface area contributed by atoms with Gasteiger partial charge in [0.1, 0.15) is 4.83 Å². The number of benzene rings is 1. The van der Waals surface area contributed by atoms with Crippen molar-refractivity contribution in [3.63, 3.8) is 0 Å². The molecule has 3 rings (SSSR count). The average molecular weight is 342 g/mol. The summed E-state index contributed by atoms with van der Waals surface area (Å²) in [6.45, 7) is 6.38. The summed E-state index contributed by atoms with van der Waals surface area (Å²) in [4.78, 5) is 18.6. The Bertz CT molecular complexity index is 881. The van der Waals surface area contributed by atoms with Gasteiger partial charge in [0.15, 0.2) is 5.16 Å². The molecule has 0 radical (unpaired) electrons. The lowest BCUT2D eigenvalue weighted by atomic mass is 10.1. The van der Waals surface area contributed by atoms with Gasteiger partial charge in [-0.25, -0.2) is 4.98 Å². The molecule has 0 spiro atoms. The van der Waals surface area contributed by atoms with Gasteiger partial charge in [-0.05, 0) is 12.0 Å². The summed E-state index contributed by atoms with van der Waals surface area (Å²) in [5.41, 5.74) is 2.04. The molecule has 0 aliphatic heterocycles. The first-order valence-corrected chi connectivity index (χ1v) is 9.44. The highest BCUT2D eigenvalue weighted by Crippen LogP contribution is 2.32. The van der Waals surface area contributed by atoms with Crippen molar-refractivity contribution in [2.24, 2.45) is 0 Å². The lowest BCUT2D eigenvalue weighted by Gasteiger charge is -2.10. The van der Waals surface area contributed by atoms with Gasteiger partial charge < -0.3 is 0 Å². The second kappa shape index (κ2) is 7.15. The lowest BCUT2D eigenvalue weighted by Crippen LogP contribution is -2.22. The summed E-state index contributed by atoms with van der Waals surface area (Å²) < 4.78 is 1.73. The minimum absolute atomic E-state index is 0.0219. The highest BCUT2D eigenvalue weighted by molar-refractivity contribution is 7.99. The van der Waals surface area contributed by atoms with Crippen LogP contribution in [0.2, 0.25) is 0 Å². The van der Waals surface area contributed by atoms with E-state index in [1.54, 1.807) is 22.4 Å². The molecular formula is C18H18N2OS2. The minimum Gasteiger partial charge on any atom is -0.283 e. The molecule has 0 unspecified atom stereocenters. The molecule has 0 atom stereocenters. The van der Waals surface area contributed by atoms with Crippen molar-refractivity contribution in [1.29, 1.82) is 0 Å². The van der Waals surface area contributed by atoms with E-state index in [4.69, 9.17) is 4.98 Å². The van der Waals surface area contributed by atoms with E-state index >= 15 is 0 Å².